The number of methoxy groups -OCH3 is 1. The van der Waals surface area contributed by atoms with Crippen molar-refractivity contribution in [2.75, 3.05) is 47.4 Å². The van der Waals surface area contributed by atoms with Gasteiger partial charge in [0.1, 0.15) is 10.6 Å². The predicted octanol–water partition coefficient (Wildman–Crippen LogP) is 2.04. The average molecular weight is 384 g/mol. The Balaban J connectivity index is 2.17. The highest BCUT2D eigenvalue weighted by atomic mass is 32.2. The van der Waals surface area contributed by atoms with Gasteiger partial charge < -0.3 is 9.64 Å². The second-order valence-corrected chi connectivity index (χ2v) is 9.48. The minimum atomic E-state index is -3.58. The molecule has 0 N–H and O–H groups in total. The fourth-order valence-electron chi connectivity index (χ4n) is 3.64. The molecule has 0 spiro atoms. The van der Waals surface area contributed by atoms with Gasteiger partial charge in [-0.05, 0) is 65.5 Å². The maximum atomic E-state index is 13.2. The quantitative estimate of drug-likeness (QED) is 0.721. The van der Waals surface area contributed by atoms with Gasteiger partial charge in [0, 0.05) is 31.7 Å². The van der Waals surface area contributed by atoms with Crippen LogP contribution in [0.2, 0.25) is 0 Å². The molecular weight excluding hydrogens is 350 g/mol. The van der Waals surface area contributed by atoms with Crippen molar-refractivity contribution in [3.8, 4) is 5.75 Å². The van der Waals surface area contributed by atoms with Crippen LogP contribution in [0.4, 0.5) is 0 Å². The van der Waals surface area contributed by atoms with Crippen molar-refractivity contribution >= 4 is 10.0 Å². The molecule has 0 saturated carbocycles. The SMILES string of the molecule is COc1ccc(C)cc1S(=O)(=O)N1CC(C)N(CCCN(C)C)C(C)C1. The fraction of sp³-hybridized carbons (Fsp3) is 0.684. The molecule has 0 aliphatic carbocycles. The van der Waals surface area contributed by atoms with Crippen LogP contribution in [0.3, 0.4) is 0 Å². The Bertz CT molecular complexity index is 694. The topological polar surface area (TPSA) is 53.1 Å². The van der Waals surface area contributed by atoms with Crippen molar-refractivity contribution < 1.29 is 13.2 Å². The maximum absolute atomic E-state index is 13.2. The van der Waals surface area contributed by atoms with Gasteiger partial charge in [0.25, 0.3) is 0 Å². The van der Waals surface area contributed by atoms with Gasteiger partial charge in [-0.3, -0.25) is 4.90 Å². The van der Waals surface area contributed by atoms with Crippen LogP contribution in [-0.2, 0) is 10.0 Å². The van der Waals surface area contributed by atoms with E-state index in [1.165, 1.54) is 7.11 Å². The fourth-order valence-corrected chi connectivity index (χ4v) is 5.48. The number of nitrogens with zero attached hydrogens (tertiary/aromatic N) is 3. The summed E-state index contributed by atoms with van der Waals surface area (Å²) in [6.45, 7) is 9.16. The third kappa shape index (κ3) is 4.76. The Morgan fingerprint density at radius 2 is 1.81 bits per heavy atom. The van der Waals surface area contributed by atoms with Gasteiger partial charge in [0.05, 0.1) is 7.11 Å². The van der Waals surface area contributed by atoms with Crippen LogP contribution in [0.5, 0.6) is 5.75 Å². The summed E-state index contributed by atoms with van der Waals surface area (Å²) in [5.41, 5.74) is 0.910. The van der Waals surface area contributed by atoms with Crippen LogP contribution in [0, 0.1) is 6.92 Å². The Morgan fingerprint density at radius 3 is 2.35 bits per heavy atom. The number of piperazine rings is 1. The van der Waals surface area contributed by atoms with Crippen molar-refractivity contribution in [3.63, 3.8) is 0 Å². The van der Waals surface area contributed by atoms with Crippen LogP contribution < -0.4 is 4.74 Å². The zero-order valence-corrected chi connectivity index (χ0v) is 17.7. The molecule has 0 radical (unpaired) electrons. The average Bonchev–Trinajstić information content (AvgIpc) is 2.56. The van der Waals surface area contributed by atoms with Gasteiger partial charge in [-0.2, -0.15) is 4.31 Å². The second kappa shape index (κ2) is 8.69. The van der Waals surface area contributed by atoms with E-state index >= 15 is 0 Å². The first-order valence-electron chi connectivity index (χ1n) is 9.22. The number of sulfonamides is 1. The first-order chi connectivity index (χ1) is 12.2. The molecule has 1 aliphatic heterocycles. The minimum absolute atomic E-state index is 0.187. The number of aryl methyl sites for hydroxylation is 1. The lowest BCUT2D eigenvalue weighted by atomic mass is 10.1. The third-order valence-electron chi connectivity index (χ3n) is 5.03. The van der Waals surface area contributed by atoms with Crippen LogP contribution in [0.1, 0.15) is 25.8 Å². The monoisotopic (exact) mass is 383 g/mol. The molecule has 148 valence electrons. The summed E-state index contributed by atoms with van der Waals surface area (Å²) in [5, 5.41) is 0. The van der Waals surface area contributed by atoms with E-state index in [-0.39, 0.29) is 17.0 Å². The summed E-state index contributed by atoms with van der Waals surface area (Å²) >= 11 is 0. The number of hydrogen-bond acceptors (Lipinski definition) is 5. The van der Waals surface area contributed by atoms with E-state index in [1.54, 1.807) is 16.4 Å². The molecular formula is C19H33N3O3S. The van der Waals surface area contributed by atoms with E-state index in [2.05, 4.69) is 37.7 Å². The molecule has 6 nitrogen and oxygen atoms in total. The number of hydrogen-bond donors (Lipinski definition) is 0. The largest absolute Gasteiger partial charge is 0.495 e. The summed E-state index contributed by atoms with van der Waals surface area (Å²) in [6, 6.07) is 5.67. The molecule has 0 aromatic heterocycles. The molecule has 1 aromatic rings. The van der Waals surface area contributed by atoms with Crippen LogP contribution in [0.15, 0.2) is 23.1 Å². The number of benzene rings is 1. The van der Waals surface area contributed by atoms with E-state index in [0.29, 0.717) is 18.8 Å². The van der Waals surface area contributed by atoms with Crippen LogP contribution >= 0.6 is 0 Å². The second-order valence-electron chi connectivity index (χ2n) is 7.57. The highest BCUT2D eigenvalue weighted by Crippen LogP contribution is 2.30. The smallest absolute Gasteiger partial charge is 0.246 e. The molecule has 26 heavy (non-hydrogen) atoms. The molecule has 1 heterocycles. The normalized spacial score (nSPS) is 22.7. The lowest BCUT2D eigenvalue weighted by Crippen LogP contribution is -2.58. The molecule has 0 amide bonds. The van der Waals surface area contributed by atoms with Gasteiger partial charge in [-0.1, -0.05) is 6.07 Å². The molecule has 1 saturated heterocycles. The molecule has 2 atom stereocenters. The predicted molar refractivity (Wildman–Crippen MR) is 105 cm³/mol. The number of ether oxygens (including phenoxy) is 1. The van der Waals surface area contributed by atoms with E-state index in [0.717, 1.165) is 25.1 Å². The van der Waals surface area contributed by atoms with Crippen molar-refractivity contribution in [1.82, 2.24) is 14.1 Å². The highest BCUT2D eigenvalue weighted by Gasteiger charge is 2.37. The van der Waals surface area contributed by atoms with Gasteiger partial charge in [-0.25, -0.2) is 8.42 Å². The molecule has 2 unspecified atom stereocenters. The van der Waals surface area contributed by atoms with E-state index in [4.69, 9.17) is 4.74 Å². The summed E-state index contributed by atoms with van der Waals surface area (Å²) in [6.07, 6.45) is 1.08. The van der Waals surface area contributed by atoms with Gasteiger partial charge in [0.2, 0.25) is 10.0 Å². The molecule has 7 heteroatoms. The first-order valence-corrected chi connectivity index (χ1v) is 10.7. The molecule has 0 bridgehead atoms. The minimum Gasteiger partial charge on any atom is -0.495 e. The standard InChI is InChI=1S/C19H33N3O3S/c1-15-8-9-18(25-6)19(12-15)26(23,24)21-13-16(2)22(17(3)14-21)11-7-10-20(4)5/h8-9,12,16-17H,7,10-11,13-14H2,1-6H3. The Hall–Kier alpha value is -1.15. The van der Waals surface area contributed by atoms with Crippen LogP contribution in [0.25, 0.3) is 0 Å². The van der Waals surface area contributed by atoms with E-state index < -0.39 is 10.0 Å². The zero-order chi connectivity index (χ0) is 19.5. The van der Waals surface area contributed by atoms with Gasteiger partial charge in [-0.15, -0.1) is 0 Å². The zero-order valence-electron chi connectivity index (χ0n) is 16.9. The van der Waals surface area contributed by atoms with E-state index in [9.17, 15) is 8.42 Å². The Morgan fingerprint density at radius 1 is 1.19 bits per heavy atom. The Kier molecular flexibility index (Phi) is 7.07. The van der Waals surface area contributed by atoms with Crippen molar-refractivity contribution in [2.24, 2.45) is 0 Å². The summed E-state index contributed by atoms with van der Waals surface area (Å²) in [5.74, 6) is 0.407. The van der Waals surface area contributed by atoms with Crippen molar-refractivity contribution in [1.29, 1.82) is 0 Å². The highest BCUT2D eigenvalue weighted by molar-refractivity contribution is 7.89. The van der Waals surface area contributed by atoms with Crippen molar-refractivity contribution in [3.05, 3.63) is 23.8 Å². The summed E-state index contributed by atoms with van der Waals surface area (Å²) in [7, 11) is 2.09. The lowest BCUT2D eigenvalue weighted by Gasteiger charge is -2.44. The Labute approximate surface area is 158 Å². The van der Waals surface area contributed by atoms with Gasteiger partial charge >= 0.3 is 0 Å². The third-order valence-corrected chi connectivity index (χ3v) is 6.88. The lowest BCUT2D eigenvalue weighted by molar-refractivity contribution is 0.0739. The molecule has 2 rings (SSSR count). The summed E-state index contributed by atoms with van der Waals surface area (Å²) in [4.78, 5) is 4.86. The molecule has 1 fully saturated rings. The van der Waals surface area contributed by atoms with E-state index in [1.807, 2.05) is 13.0 Å². The molecule has 1 aromatic carbocycles. The van der Waals surface area contributed by atoms with Crippen LogP contribution in [-0.4, -0.2) is 82.0 Å². The molecule has 1 aliphatic rings. The van der Waals surface area contributed by atoms with Crippen molar-refractivity contribution in [2.45, 2.75) is 44.2 Å². The summed E-state index contributed by atoms with van der Waals surface area (Å²) < 4.78 is 33.4. The van der Waals surface area contributed by atoms with Gasteiger partial charge in [0.15, 0.2) is 0 Å². The maximum Gasteiger partial charge on any atom is 0.246 e. The number of rotatable bonds is 7. The first kappa shape index (κ1) is 21.2.